The molecule has 28 heavy (non-hydrogen) atoms. The first-order valence-electron chi connectivity index (χ1n) is 8.49. The minimum atomic E-state index is -4.36. The lowest BCUT2D eigenvalue weighted by Crippen LogP contribution is -2.36. The van der Waals surface area contributed by atoms with Gasteiger partial charge >= 0.3 is 6.18 Å². The maximum atomic E-state index is 12.8. The molecule has 0 unspecified atom stereocenters. The molecule has 2 aromatic heterocycles. The van der Waals surface area contributed by atoms with E-state index in [4.69, 9.17) is 0 Å². The van der Waals surface area contributed by atoms with Gasteiger partial charge in [-0.25, -0.2) is 9.97 Å². The van der Waals surface area contributed by atoms with Crippen LogP contribution in [0.5, 0.6) is 0 Å². The summed E-state index contributed by atoms with van der Waals surface area (Å²) >= 11 is 0. The number of nitrogens with zero attached hydrogens (tertiary/aromatic N) is 4. The number of aliphatic imine (C=N–C) groups is 1. The molecule has 3 aromatic rings. The Balaban J connectivity index is 1.58. The van der Waals surface area contributed by atoms with Crippen molar-refractivity contribution in [3.63, 3.8) is 0 Å². The molecule has 0 aliphatic heterocycles. The number of hydrogen-bond donors (Lipinski definition) is 2. The maximum Gasteiger partial charge on any atom is 0.416 e. The van der Waals surface area contributed by atoms with E-state index in [0.29, 0.717) is 18.1 Å². The van der Waals surface area contributed by atoms with Gasteiger partial charge in [-0.15, -0.1) is 0 Å². The number of alkyl halides is 3. The Kier molecular flexibility index (Phi) is 5.93. The van der Waals surface area contributed by atoms with Crippen LogP contribution >= 0.6 is 0 Å². The molecule has 0 aliphatic rings. The Morgan fingerprint density at radius 2 is 1.82 bits per heavy atom. The van der Waals surface area contributed by atoms with Crippen molar-refractivity contribution in [1.82, 2.24) is 25.2 Å². The average Bonchev–Trinajstić information content (AvgIpc) is 3.23. The van der Waals surface area contributed by atoms with Crippen LogP contribution in [0.2, 0.25) is 0 Å². The standard InChI is InChI=1S/C19H19F3N6/c1-23-18(26-11-14-3-2-4-16(9-14)19(20,21)22)27-12-15-5-6-25-17(10-15)28-8-7-24-13-28/h2-10,13H,11-12H2,1H3,(H2,23,26,27). The Morgan fingerprint density at radius 1 is 1.07 bits per heavy atom. The summed E-state index contributed by atoms with van der Waals surface area (Å²) in [6.45, 7) is 0.701. The molecule has 0 saturated carbocycles. The van der Waals surface area contributed by atoms with Gasteiger partial charge in [0.25, 0.3) is 0 Å². The first-order valence-corrected chi connectivity index (χ1v) is 8.49. The van der Waals surface area contributed by atoms with Crippen molar-refractivity contribution in [2.75, 3.05) is 7.05 Å². The van der Waals surface area contributed by atoms with Gasteiger partial charge in [-0.3, -0.25) is 9.56 Å². The van der Waals surface area contributed by atoms with Crippen molar-refractivity contribution >= 4 is 5.96 Å². The molecule has 0 aliphatic carbocycles. The van der Waals surface area contributed by atoms with E-state index in [1.54, 1.807) is 42.6 Å². The highest BCUT2D eigenvalue weighted by Crippen LogP contribution is 2.29. The molecular formula is C19H19F3N6. The van der Waals surface area contributed by atoms with E-state index >= 15 is 0 Å². The van der Waals surface area contributed by atoms with E-state index in [0.717, 1.165) is 23.5 Å². The summed E-state index contributed by atoms with van der Waals surface area (Å²) in [6.07, 6.45) is 2.48. The fraction of sp³-hybridized carbons (Fsp3) is 0.211. The summed E-state index contributed by atoms with van der Waals surface area (Å²) in [5, 5.41) is 6.15. The second-order valence-electron chi connectivity index (χ2n) is 5.97. The molecule has 1 aromatic carbocycles. The fourth-order valence-corrected chi connectivity index (χ4v) is 2.56. The van der Waals surface area contributed by atoms with E-state index in [2.05, 4.69) is 25.6 Å². The average molecular weight is 388 g/mol. The first kappa shape index (κ1) is 19.4. The molecular weight excluding hydrogens is 369 g/mol. The molecule has 0 saturated heterocycles. The van der Waals surface area contributed by atoms with Crippen LogP contribution in [0.15, 0.2) is 66.3 Å². The smallest absolute Gasteiger partial charge is 0.352 e. The third-order valence-corrected chi connectivity index (χ3v) is 3.98. The van der Waals surface area contributed by atoms with Crippen LogP contribution in [0.25, 0.3) is 5.82 Å². The Labute approximate surface area is 160 Å². The van der Waals surface area contributed by atoms with Gasteiger partial charge in [-0.1, -0.05) is 12.1 Å². The number of aromatic nitrogens is 3. The SMILES string of the molecule is CN=C(NCc1cccc(C(F)(F)F)c1)NCc1ccnc(-n2ccnc2)c1. The number of nitrogens with one attached hydrogen (secondary N) is 2. The zero-order valence-electron chi connectivity index (χ0n) is 15.1. The van der Waals surface area contributed by atoms with Crippen LogP contribution in [0.1, 0.15) is 16.7 Å². The van der Waals surface area contributed by atoms with Gasteiger partial charge in [0.2, 0.25) is 0 Å². The number of imidazole rings is 1. The summed E-state index contributed by atoms with van der Waals surface area (Å²) in [7, 11) is 1.60. The van der Waals surface area contributed by atoms with Crippen LogP contribution in [0.3, 0.4) is 0 Å². The van der Waals surface area contributed by atoms with Gasteiger partial charge in [-0.2, -0.15) is 13.2 Å². The number of halogens is 3. The molecule has 2 heterocycles. The molecule has 0 spiro atoms. The van der Waals surface area contributed by atoms with Gasteiger partial charge in [0, 0.05) is 38.7 Å². The monoisotopic (exact) mass is 388 g/mol. The van der Waals surface area contributed by atoms with Crippen molar-refractivity contribution in [3.8, 4) is 5.82 Å². The van der Waals surface area contributed by atoms with Gasteiger partial charge in [0.15, 0.2) is 5.96 Å². The minimum absolute atomic E-state index is 0.222. The van der Waals surface area contributed by atoms with E-state index in [-0.39, 0.29) is 6.54 Å². The predicted octanol–water partition coefficient (Wildman–Crippen LogP) is 3.15. The Bertz CT molecular complexity index is 935. The van der Waals surface area contributed by atoms with Gasteiger partial charge in [0.1, 0.15) is 12.1 Å². The van der Waals surface area contributed by atoms with Crippen LogP contribution < -0.4 is 10.6 Å². The Hall–Kier alpha value is -3.36. The van der Waals surface area contributed by atoms with Crippen LogP contribution in [-0.2, 0) is 19.3 Å². The van der Waals surface area contributed by atoms with E-state index in [9.17, 15) is 13.2 Å². The maximum absolute atomic E-state index is 12.8. The van der Waals surface area contributed by atoms with Crippen molar-refractivity contribution < 1.29 is 13.2 Å². The summed E-state index contributed by atoms with van der Waals surface area (Å²) in [4.78, 5) is 12.4. The van der Waals surface area contributed by atoms with Crippen molar-refractivity contribution in [1.29, 1.82) is 0 Å². The highest BCUT2D eigenvalue weighted by atomic mass is 19.4. The van der Waals surface area contributed by atoms with Gasteiger partial charge in [0.05, 0.1) is 5.56 Å². The highest BCUT2D eigenvalue weighted by Gasteiger charge is 2.30. The zero-order valence-corrected chi connectivity index (χ0v) is 15.1. The molecule has 9 heteroatoms. The van der Waals surface area contributed by atoms with Gasteiger partial charge < -0.3 is 10.6 Å². The summed E-state index contributed by atoms with van der Waals surface area (Å²) < 4.78 is 40.2. The lowest BCUT2D eigenvalue weighted by molar-refractivity contribution is -0.137. The van der Waals surface area contributed by atoms with Crippen LogP contribution in [0, 0.1) is 0 Å². The predicted molar refractivity (Wildman–Crippen MR) is 99.8 cm³/mol. The quantitative estimate of drug-likeness (QED) is 0.521. The zero-order chi connectivity index (χ0) is 20.0. The summed E-state index contributed by atoms with van der Waals surface area (Å²) in [6, 6.07) is 8.99. The second kappa shape index (κ2) is 8.55. The Morgan fingerprint density at radius 3 is 2.46 bits per heavy atom. The highest BCUT2D eigenvalue weighted by molar-refractivity contribution is 5.79. The summed E-state index contributed by atoms with van der Waals surface area (Å²) in [5.41, 5.74) is 0.823. The van der Waals surface area contributed by atoms with E-state index in [1.165, 1.54) is 6.07 Å². The van der Waals surface area contributed by atoms with E-state index < -0.39 is 11.7 Å². The van der Waals surface area contributed by atoms with Crippen LogP contribution in [-0.4, -0.2) is 27.5 Å². The van der Waals surface area contributed by atoms with E-state index in [1.807, 2.05) is 12.1 Å². The molecule has 0 radical (unpaired) electrons. The normalized spacial score (nSPS) is 12.1. The fourth-order valence-electron chi connectivity index (χ4n) is 2.56. The molecule has 0 bridgehead atoms. The number of rotatable bonds is 5. The van der Waals surface area contributed by atoms with Gasteiger partial charge in [-0.05, 0) is 35.4 Å². The van der Waals surface area contributed by atoms with Crippen molar-refractivity contribution in [3.05, 3.63) is 78.0 Å². The topological polar surface area (TPSA) is 67.1 Å². The molecule has 2 N–H and O–H groups in total. The number of benzene rings is 1. The number of pyridine rings is 1. The number of guanidine groups is 1. The molecule has 0 amide bonds. The third-order valence-electron chi connectivity index (χ3n) is 3.98. The molecule has 6 nitrogen and oxygen atoms in total. The third kappa shape index (κ3) is 5.09. The largest absolute Gasteiger partial charge is 0.416 e. The molecule has 146 valence electrons. The second-order valence-corrected chi connectivity index (χ2v) is 5.97. The lowest BCUT2D eigenvalue weighted by atomic mass is 10.1. The first-order chi connectivity index (χ1) is 13.5. The molecule has 3 rings (SSSR count). The van der Waals surface area contributed by atoms with Crippen molar-refractivity contribution in [2.24, 2.45) is 4.99 Å². The summed E-state index contributed by atoms with van der Waals surface area (Å²) in [5.74, 6) is 1.22. The molecule has 0 fully saturated rings. The number of hydrogen-bond acceptors (Lipinski definition) is 3. The lowest BCUT2D eigenvalue weighted by Gasteiger charge is -2.13. The molecule has 0 atom stereocenters. The van der Waals surface area contributed by atoms with Crippen molar-refractivity contribution in [2.45, 2.75) is 19.3 Å². The minimum Gasteiger partial charge on any atom is -0.352 e. The van der Waals surface area contributed by atoms with Crippen LogP contribution in [0.4, 0.5) is 13.2 Å².